The summed E-state index contributed by atoms with van der Waals surface area (Å²) in [7, 11) is 0. The molecule has 0 unspecified atom stereocenters. The van der Waals surface area contributed by atoms with Gasteiger partial charge in [-0.25, -0.2) is 9.97 Å². The first-order chi connectivity index (χ1) is 11.3. The number of aromatic nitrogens is 3. The highest BCUT2D eigenvalue weighted by Gasteiger charge is 2.16. The molecular weight excluding hydrogens is 290 g/mol. The SMILES string of the molecule is CCCCn1ccc2nc(-c3ccc4c(c3)OCCO4)nc-2c1. The Kier molecular flexibility index (Phi) is 3.61. The molecule has 0 saturated heterocycles. The van der Waals surface area contributed by atoms with Crippen molar-refractivity contribution in [3.63, 3.8) is 0 Å². The molecule has 0 aliphatic carbocycles. The fraction of sp³-hybridized carbons (Fsp3) is 0.333. The summed E-state index contributed by atoms with van der Waals surface area (Å²) < 4.78 is 13.4. The van der Waals surface area contributed by atoms with Crippen molar-refractivity contribution in [2.45, 2.75) is 26.3 Å². The number of fused-ring (bicyclic) bond motifs is 2. The molecule has 0 radical (unpaired) electrons. The van der Waals surface area contributed by atoms with E-state index < -0.39 is 0 Å². The number of benzene rings is 1. The lowest BCUT2D eigenvalue weighted by atomic mass is 10.2. The van der Waals surface area contributed by atoms with Crippen LogP contribution in [-0.4, -0.2) is 27.7 Å². The molecule has 0 N–H and O–H groups in total. The van der Waals surface area contributed by atoms with Crippen LogP contribution in [0.2, 0.25) is 0 Å². The van der Waals surface area contributed by atoms with Gasteiger partial charge < -0.3 is 14.0 Å². The van der Waals surface area contributed by atoms with E-state index in [1.807, 2.05) is 24.3 Å². The number of ether oxygens (including phenoxy) is 2. The first-order valence-electron chi connectivity index (χ1n) is 8.07. The lowest BCUT2D eigenvalue weighted by molar-refractivity contribution is 0.171. The Morgan fingerprint density at radius 1 is 1.04 bits per heavy atom. The number of unbranched alkanes of at least 4 members (excludes halogenated alkanes) is 1. The third-order valence-corrected chi connectivity index (χ3v) is 4.00. The molecule has 0 amide bonds. The van der Waals surface area contributed by atoms with Gasteiger partial charge in [0.05, 0.1) is 5.69 Å². The zero-order valence-corrected chi connectivity index (χ0v) is 13.2. The van der Waals surface area contributed by atoms with Gasteiger partial charge in [-0.1, -0.05) is 13.3 Å². The Morgan fingerprint density at radius 3 is 2.74 bits per heavy atom. The fourth-order valence-electron chi connectivity index (χ4n) is 2.74. The molecule has 3 aliphatic heterocycles. The number of imidazole rings is 1. The number of rotatable bonds is 4. The average molecular weight is 309 g/mol. The highest BCUT2D eigenvalue weighted by atomic mass is 16.6. The third-order valence-electron chi connectivity index (χ3n) is 4.00. The molecule has 0 fully saturated rings. The van der Waals surface area contributed by atoms with E-state index in [2.05, 4.69) is 33.9 Å². The Hall–Kier alpha value is -2.56. The highest BCUT2D eigenvalue weighted by molar-refractivity contribution is 5.68. The van der Waals surface area contributed by atoms with Crippen LogP contribution in [0.5, 0.6) is 11.5 Å². The summed E-state index contributed by atoms with van der Waals surface area (Å²) in [6.07, 6.45) is 6.49. The molecule has 5 nitrogen and oxygen atoms in total. The summed E-state index contributed by atoms with van der Waals surface area (Å²) in [5, 5.41) is 0. The van der Waals surface area contributed by atoms with Gasteiger partial charge in [0.2, 0.25) is 0 Å². The molecule has 0 saturated carbocycles. The molecule has 4 rings (SSSR count). The largest absolute Gasteiger partial charge is 0.486 e. The molecule has 23 heavy (non-hydrogen) atoms. The van der Waals surface area contributed by atoms with Crippen molar-refractivity contribution in [3.8, 4) is 34.3 Å². The van der Waals surface area contributed by atoms with E-state index in [-0.39, 0.29) is 0 Å². The quantitative estimate of drug-likeness (QED) is 0.738. The Balaban J connectivity index is 1.68. The summed E-state index contributed by atoms with van der Waals surface area (Å²) in [6, 6.07) is 7.88. The molecular formula is C18H19N3O2. The van der Waals surface area contributed by atoms with Gasteiger partial charge in [-0.05, 0) is 30.7 Å². The van der Waals surface area contributed by atoms with Crippen molar-refractivity contribution in [1.29, 1.82) is 0 Å². The standard InChI is InChI=1S/C18H19N3O2/c1-2-3-7-21-8-6-14-15(12-21)20-18(19-14)13-4-5-16-17(11-13)23-10-9-22-16/h4-6,8,11-12H,2-3,7,9-10H2,1H3. The number of nitrogens with zero attached hydrogens (tertiary/aromatic N) is 3. The van der Waals surface area contributed by atoms with Gasteiger partial charge in [0, 0.05) is 24.5 Å². The van der Waals surface area contributed by atoms with Gasteiger partial charge in [-0.15, -0.1) is 0 Å². The predicted octanol–water partition coefficient (Wildman–Crippen LogP) is 3.62. The van der Waals surface area contributed by atoms with Crippen molar-refractivity contribution in [1.82, 2.24) is 14.5 Å². The van der Waals surface area contributed by atoms with Crippen LogP contribution in [-0.2, 0) is 6.54 Å². The van der Waals surface area contributed by atoms with Crippen LogP contribution in [0.15, 0.2) is 36.7 Å². The van der Waals surface area contributed by atoms with Crippen molar-refractivity contribution in [2.75, 3.05) is 13.2 Å². The summed E-state index contributed by atoms with van der Waals surface area (Å²) in [4.78, 5) is 9.30. The van der Waals surface area contributed by atoms with E-state index in [0.717, 1.165) is 40.8 Å². The second-order valence-corrected chi connectivity index (χ2v) is 5.71. The first-order valence-corrected chi connectivity index (χ1v) is 8.07. The zero-order chi connectivity index (χ0) is 15.6. The molecule has 3 aliphatic rings. The summed E-state index contributed by atoms with van der Waals surface area (Å²) in [5.74, 6) is 2.28. The summed E-state index contributed by atoms with van der Waals surface area (Å²) in [6.45, 7) is 4.39. The normalized spacial score (nSPS) is 13.4. The molecule has 0 spiro atoms. The van der Waals surface area contributed by atoms with Crippen LogP contribution in [0.3, 0.4) is 0 Å². The number of pyridine rings is 1. The molecule has 1 aromatic rings. The van der Waals surface area contributed by atoms with Gasteiger partial charge in [0.1, 0.15) is 18.9 Å². The molecule has 118 valence electrons. The van der Waals surface area contributed by atoms with E-state index in [1.54, 1.807) is 0 Å². The minimum absolute atomic E-state index is 0.581. The van der Waals surface area contributed by atoms with Crippen LogP contribution < -0.4 is 9.47 Å². The second kappa shape index (κ2) is 5.91. The first kappa shape index (κ1) is 14.1. The monoisotopic (exact) mass is 309 g/mol. The Labute approximate surface area is 135 Å². The average Bonchev–Trinajstić information content (AvgIpc) is 3.03. The van der Waals surface area contributed by atoms with E-state index >= 15 is 0 Å². The highest BCUT2D eigenvalue weighted by Crippen LogP contribution is 2.34. The molecule has 0 aromatic heterocycles. The van der Waals surface area contributed by atoms with E-state index in [4.69, 9.17) is 9.47 Å². The van der Waals surface area contributed by atoms with Crippen molar-refractivity contribution >= 4 is 0 Å². The molecule has 3 heterocycles. The van der Waals surface area contributed by atoms with Crippen LogP contribution in [0.4, 0.5) is 0 Å². The number of aryl methyl sites for hydroxylation is 1. The Bertz CT molecular complexity index is 797. The van der Waals surface area contributed by atoms with Crippen LogP contribution >= 0.6 is 0 Å². The Morgan fingerprint density at radius 2 is 1.87 bits per heavy atom. The molecule has 5 heteroatoms. The number of hydrogen-bond donors (Lipinski definition) is 0. The second-order valence-electron chi connectivity index (χ2n) is 5.71. The van der Waals surface area contributed by atoms with Gasteiger partial charge in [0.15, 0.2) is 17.3 Å². The maximum absolute atomic E-state index is 5.64. The lowest BCUT2D eigenvalue weighted by Gasteiger charge is -2.18. The van der Waals surface area contributed by atoms with Gasteiger partial charge >= 0.3 is 0 Å². The van der Waals surface area contributed by atoms with Crippen LogP contribution in [0.1, 0.15) is 19.8 Å². The van der Waals surface area contributed by atoms with E-state index in [1.165, 1.54) is 12.8 Å². The maximum atomic E-state index is 5.64. The third kappa shape index (κ3) is 2.74. The fourth-order valence-corrected chi connectivity index (χ4v) is 2.74. The van der Waals surface area contributed by atoms with Crippen LogP contribution in [0, 0.1) is 0 Å². The van der Waals surface area contributed by atoms with E-state index in [0.29, 0.717) is 13.2 Å². The van der Waals surface area contributed by atoms with Crippen LogP contribution in [0.25, 0.3) is 22.8 Å². The van der Waals surface area contributed by atoms with E-state index in [9.17, 15) is 0 Å². The molecule has 0 atom stereocenters. The maximum Gasteiger partial charge on any atom is 0.162 e. The smallest absolute Gasteiger partial charge is 0.162 e. The van der Waals surface area contributed by atoms with Crippen molar-refractivity contribution in [2.24, 2.45) is 0 Å². The van der Waals surface area contributed by atoms with Crippen molar-refractivity contribution in [3.05, 3.63) is 36.7 Å². The summed E-state index contributed by atoms with van der Waals surface area (Å²) in [5.41, 5.74) is 2.79. The van der Waals surface area contributed by atoms with Gasteiger partial charge in [0.25, 0.3) is 0 Å². The lowest BCUT2D eigenvalue weighted by Crippen LogP contribution is -2.15. The summed E-state index contributed by atoms with van der Waals surface area (Å²) >= 11 is 0. The molecule has 1 aromatic carbocycles. The number of hydrogen-bond acceptors (Lipinski definition) is 4. The zero-order valence-electron chi connectivity index (χ0n) is 13.2. The topological polar surface area (TPSA) is 49.2 Å². The van der Waals surface area contributed by atoms with Gasteiger partial charge in [-0.3, -0.25) is 0 Å². The predicted molar refractivity (Wildman–Crippen MR) is 88.0 cm³/mol. The van der Waals surface area contributed by atoms with Gasteiger partial charge in [-0.2, -0.15) is 0 Å². The minimum Gasteiger partial charge on any atom is -0.486 e. The molecule has 0 bridgehead atoms. The van der Waals surface area contributed by atoms with Crippen molar-refractivity contribution < 1.29 is 9.47 Å². The minimum atomic E-state index is 0.581.